The summed E-state index contributed by atoms with van der Waals surface area (Å²) < 4.78 is 52.2. The molecule has 0 aromatic carbocycles. The molecular weight excluding hydrogens is 1530 g/mol. The SMILES string of the molecule is CC(=O)NC1[C@H](OCCCCC(=O)NCCCNC(=O)CCOCC(COCCC(=O)NCCCNC(=O)CCCCO[C@@H]2OC(CO)[C@@H](O)[C@H](O)C2NC(C)=O)(COCCC(=O)NCCCNC(=O)CCCCO[C@@H]2OC(CO)[C@@H](O)[C@H](O)C2NC(C)=O)NC(=O)CCCCCCCCCCC(=O)C(C)(C)C)OC(CO)[C@@H](O)[C@@H]1O. The number of Topliss-reactive ketones (excluding diaryl/α,β-unsaturated/α-hetero) is 1. The molecule has 0 aromatic rings. The van der Waals surface area contributed by atoms with Gasteiger partial charge >= 0.3 is 0 Å². The Kier molecular flexibility index (Phi) is 53.1. The van der Waals surface area contributed by atoms with Crippen molar-refractivity contribution >= 4 is 64.9 Å². The molecule has 3 saturated heterocycles. The number of amides is 10. The molecule has 0 radical (unpaired) electrons. The van der Waals surface area contributed by atoms with E-state index in [9.17, 15) is 98.7 Å². The second-order valence-corrected chi connectivity index (χ2v) is 30.7. The Balaban J connectivity index is 1.57. The lowest BCUT2D eigenvalue weighted by atomic mass is 9.88. The zero-order valence-corrected chi connectivity index (χ0v) is 68.8. The standard InChI is InChI=1S/C77H138N10O29/c1-50(91)84-64-70(105)67(102)53(44-88)114-73(64)111-38-18-15-25-57(95)78-32-21-35-81-60(98)29-41-108-47-77(87-63(101)28-14-12-10-8-7-9-11-13-24-56(94)76(4,5)6,48-109-42-30-61(99)82-36-22-33-79-58(96)26-16-19-39-112-74-65(85-51(2)92)71(106)68(103)54(45-89)115-74)49-110-43-31-62(100)83-37-23-34-80-59(97)27-17-20-40-113-75-66(86-52(3)93)72(107)69(104)55(46-90)116-75/h53-55,64-75,88-90,102-107H,7-49H2,1-6H3,(H,78,95)(H,79,96)(H,80,97)(H,81,98)(H,82,99)(H,83,100)(H,84,91)(H,85,92)(H,86,93)(H,87,101)/t53?,54?,55?,64?,65?,66?,67-,68-,69-,70-,71-,72-,73-,74-,75-,77?/m1/s1. The van der Waals surface area contributed by atoms with Gasteiger partial charge in [-0.15, -0.1) is 0 Å². The average Bonchev–Trinajstić information content (AvgIpc) is 0.816. The molecule has 3 fully saturated rings. The maximum Gasteiger partial charge on any atom is 0.222 e. The molecule has 0 saturated carbocycles. The van der Waals surface area contributed by atoms with E-state index in [0.29, 0.717) is 70.6 Å². The van der Waals surface area contributed by atoms with Crippen LogP contribution in [-0.2, 0) is 95.4 Å². The molecule has 3 rings (SSSR count). The first-order valence-electron chi connectivity index (χ1n) is 41.1. The highest BCUT2D eigenvalue weighted by Gasteiger charge is 2.48. The average molecular weight is 1670 g/mol. The molecule has 116 heavy (non-hydrogen) atoms. The molecule has 15 atom stereocenters. The van der Waals surface area contributed by atoms with E-state index in [2.05, 4.69) is 53.2 Å². The number of carbonyl (C=O) groups excluding carboxylic acids is 11. The van der Waals surface area contributed by atoms with E-state index in [1.807, 2.05) is 20.8 Å². The summed E-state index contributed by atoms with van der Waals surface area (Å²) in [5.41, 5.74) is -1.77. The van der Waals surface area contributed by atoms with Crippen molar-refractivity contribution in [2.75, 3.05) is 119 Å². The molecule has 3 aliphatic heterocycles. The summed E-state index contributed by atoms with van der Waals surface area (Å²) in [6.45, 7) is 8.24. The van der Waals surface area contributed by atoms with Gasteiger partial charge in [-0.2, -0.15) is 0 Å². The van der Waals surface area contributed by atoms with Crippen LogP contribution in [0, 0.1) is 5.41 Å². The number of rotatable bonds is 63. The van der Waals surface area contributed by atoms with Crippen LogP contribution in [0.15, 0.2) is 0 Å². The molecule has 0 aliphatic carbocycles. The van der Waals surface area contributed by atoms with Gasteiger partial charge in [0, 0.05) is 137 Å². The molecule has 39 heteroatoms. The van der Waals surface area contributed by atoms with E-state index in [0.717, 1.165) is 44.9 Å². The van der Waals surface area contributed by atoms with Gasteiger partial charge in [0.05, 0.1) is 59.5 Å². The maximum atomic E-state index is 14.0. The largest absolute Gasteiger partial charge is 0.394 e. The normalized spacial score (nSPS) is 23.9. The molecule has 0 aromatic heterocycles. The third kappa shape index (κ3) is 43.6. The summed E-state index contributed by atoms with van der Waals surface area (Å²) in [4.78, 5) is 139. The maximum absolute atomic E-state index is 14.0. The Morgan fingerprint density at radius 2 is 0.560 bits per heavy atom. The predicted octanol–water partition coefficient (Wildman–Crippen LogP) is -3.16. The third-order valence-corrected chi connectivity index (χ3v) is 19.3. The van der Waals surface area contributed by atoms with Gasteiger partial charge in [0.25, 0.3) is 0 Å². The Hall–Kier alpha value is -6.35. The second kappa shape index (κ2) is 59.4. The lowest BCUT2D eigenvalue weighted by molar-refractivity contribution is -0.270. The topological polar surface area (TPSA) is 573 Å². The van der Waals surface area contributed by atoms with Crippen LogP contribution in [0.2, 0.25) is 0 Å². The van der Waals surface area contributed by atoms with Crippen molar-refractivity contribution in [3.05, 3.63) is 0 Å². The van der Waals surface area contributed by atoms with Crippen LogP contribution < -0.4 is 53.2 Å². The molecule has 39 nitrogen and oxygen atoms in total. The Morgan fingerprint density at radius 1 is 0.310 bits per heavy atom. The third-order valence-electron chi connectivity index (χ3n) is 19.3. The van der Waals surface area contributed by atoms with Gasteiger partial charge in [0.2, 0.25) is 59.1 Å². The number of hydrogen-bond donors (Lipinski definition) is 19. The number of ether oxygens (including phenoxy) is 9. The summed E-state index contributed by atoms with van der Waals surface area (Å²) in [5.74, 6) is -3.42. The molecular formula is C77H138N10O29. The zero-order valence-electron chi connectivity index (χ0n) is 68.8. The van der Waals surface area contributed by atoms with E-state index in [1.165, 1.54) is 20.8 Å². The molecule has 10 amide bonds. The Labute approximate surface area is 680 Å². The summed E-state index contributed by atoms with van der Waals surface area (Å²) >= 11 is 0. The lowest BCUT2D eigenvalue weighted by Crippen LogP contribution is -2.64. The van der Waals surface area contributed by atoms with Crippen molar-refractivity contribution in [2.45, 2.75) is 300 Å². The van der Waals surface area contributed by atoms with E-state index >= 15 is 0 Å². The van der Waals surface area contributed by atoms with Crippen molar-refractivity contribution in [3.63, 3.8) is 0 Å². The van der Waals surface area contributed by atoms with Crippen LogP contribution in [0.25, 0.3) is 0 Å². The van der Waals surface area contributed by atoms with E-state index < -0.39 is 135 Å². The van der Waals surface area contributed by atoms with Gasteiger partial charge in [-0.1, -0.05) is 59.3 Å². The minimum absolute atomic E-state index is 0.0792. The van der Waals surface area contributed by atoms with Crippen LogP contribution in [0.4, 0.5) is 0 Å². The molecule has 19 N–H and O–H groups in total. The summed E-state index contributed by atoms with van der Waals surface area (Å²) in [5, 5.41) is 118. The molecule has 0 bridgehead atoms. The van der Waals surface area contributed by atoms with E-state index in [1.54, 1.807) is 0 Å². The first kappa shape index (κ1) is 104. The fourth-order valence-electron chi connectivity index (χ4n) is 12.7. The molecule has 3 heterocycles. The van der Waals surface area contributed by atoms with Gasteiger partial charge in [0.15, 0.2) is 18.9 Å². The number of aliphatic hydroxyl groups excluding tert-OH is 9. The lowest BCUT2D eigenvalue weighted by Gasteiger charge is -2.42. The molecule has 6 unspecified atom stereocenters. The van der Waals surface area contributed by atoms with Crippen molar-refractivity contribution in [1.82, 2.24) is 53.2 Å². The van der Waals surface area contributed by atoms with E-state index in [4.69, 9.17) is 42.6 Å². The Morgan fingerprint density at radius 3 is 0.828 bits per heavy atom. The Bertz CT molecular complexity index is 2620. The van der Waals surface area contributed by atoms with Crippen molar-refractivity contribution in [3.8, 4) is 0 Å². The number of nitrogens with one attached hydrogen (secondary N) is 10. The first-order chi connectivity index (χ1) is 55.3. The fourth-order valence-corrected chi connectivity index (χ4v) is 12.7. The molecule has 670 valence electrons. The number of hydrogen-bond acceptors (Lipinski definition) is 29. The number of carbonyl (C=O) groups is 11. The number of ketones is 1. The van der Waals surface area contributed by atoms with Gasteiger partial charge in [-0.3, -0.25) is 52.7 Å². The smallest absolute Gasteiger partial charge is 0.222 e. The van der Waals surface area contributed by atoms with Gasteiger partial charge in [-0.05, 0) is 70.6 Å². The van der Waals surface area contributed by atoms with Crippen LogP contribution in [0.5, 0.6) is 0 Å². The highest BCUT2D eigenvalue weighted by molar-refractivity contribution is 5.83. The summed E-state index contributed by atoms with van der Waals surface area (Å²) in [6.07, 6.45) is -4.29. The second-order valence-electron chi connectivity index (χ2n) is 30.7. The number of unbranched alkanes of at least 4 members (excludes halogenated alkanes) is 10. The van der Waals surface area contributed by atoms with Crippen LogP contribution in [0.3, 0.4) is 0 Å². The quantitative estimate of drug-likeness (QED) is 0.0267. The van der Waals surface area contributed by atoms with Gasteiger partial charge in [0.1, 0.15) is 84.4 Å². The van der Waals surface area contributed by atoms with Crippen LogP contribution >= 0.6 is 0 Å². The fraction of sp³-hybridized carbons (Fsp3) is 0.857. The van der Waals surface area contributed by atoms with Gasteiger partial charge < -0.3 is 142 Å². The zero-order chi connectivity index (χ0) is 85.9. The minimum Gasteiger partial charge on any atom is -0.394 e. The molecule has 0 spiro atoms. The van der Waals surface area contributed by atoms with E-state index in [-0.39, 0.29) is 196 Å². The predicted molar refractivity (Wildman–Crippen MR) is 415 cm³/mol. The highest BCUT2D eigenvalue weighted by Crippen LogP contribution is 2.27. The van der Waals surface area contributed by atoms with Crippen molar-refractivity contribution in [2.24, 2.45) is 5.41 Å². The minimum atomic E-state index is -1.46. The monoisotopic (exact) mass is 1670 g/mol. The summed E-state index contributed by atoms with van der Waals surface area (Å²) in [6, 6.07) is -3.28. The van der Waals surface area contributed by atoms with Crippen molar-refractivity contribution in [1.29, 1.82) is 0 Å². The number of aliphatic hydroxyl groups is 9. The van der Waals surface area contributed by atoms with Gasteiger partial charge in [-0.25, -0.2) is 0 Å². The van der Waals surface area contributed by atoms with Crippen LogP contribution in [0.1, 0.15) is 202 Å². The van der Waals surface area contributed by atoms with Crippen molar-refractivity contribution < 1.29 is 141 Å². The molecule has 3 aliphatic rings. The van der Waals surface area contributed by atoms with Crippen LogP contribution in [-0.4, -0.2) is 327 Å². The summed E-state index contributed by atoms with van der Waals surface area (Å²) in [7, 11) is 0. The first-order valence-corrected chi connectivity index (χ1v) is 41.1. The highest BCUT2D eigenvalue weighted by atomic mass is 16.7.